The highest BCUT2D eigenvalue weighted by atomic mass is 16.5. The fourth-order valence-corrected chi connectivity index (χ4v) is 3.09. The number of amides is 1. The van der Waals surface area contributed by atoms with E-state index in [2.05, 4.69) is 34.8 Å². The molecule has 2 aromatic carbocycles. The lowest BCUT2D eigenvalue weighted by molar-refractivity contribution is -0.914. The quantitative estimate of drug-likeness (QED) is 0.778. The Labute approximate surface area is 154 Å². The third-order valence-electron chi connectivity index (χ3n) is 4.53. The van der Waals surface area contributed by atoms with E-state index >= 15 is 0 Å². The van der Waals surface area contributed by atoms with Crippen molar-refractivity contribution in [2.75, 3.05) is 19.7 Å². The minimum absolute atomic E-state index is 0.0222. The number of rotatable bonds is 6. The monoisotopic (exact) mass is 352 g/mol. The number of hydrazone groups is 1. The van der Waals surface area contributed by atoms with Crippen molar-refractivity contribution in [3.63, 3.8) is 0 Å². The molecule has 2 N–H and O–H groups in total. The topological polar surface area (TPSA) is 55.1 Å². The molecule has 0 radical (unpaired) electrons. The summed E-state index contributed by atoms with van der Waals surface area (Å²) in [5.41, 5.74) is 6.15. The summed E-state index contributed by atoms with van der Waals surface area (Å²) in [6.45, 7) is 5.11. The Kier molecular flexibility index (Phi) is 6.39. The zero-order chi connectivity index (χ0) is 18.2. The maximum Gasteiger partial charge on any atom is 0.277 e. The van der Waals surface area contributed by atoms with Gasteiger partial charge in [-0.15, -0.1) is 0 Å². The Morgan fingerprint density at radius 1 is 1.12 bits per heavy atom. The van der Waals surface area contributed by atoms with E-state index < -0.39 is 0 Å². The number of benzene rings is 2. The fraction of sp³-hybridized carbons (Fsp3) is 0.333. The molecule has 3 rings (SSSR count). The van der Waals surface area contributed by atoms with Crippen molar-refractivity contribution < 1.29 is 14.4 Å². The first-order chi connectivity index (χ1) is 12.7. The summed E-state index contributed by atoms with van der Waals surface area (Å²) in [4.78, 5) is 13.5. The highest BCUT2D eigenvalue weighted by Crippen LogP contribution is 2.11. The van der Waals surface area contributed by atoms with Gasteiger partial charge in [-0.25, -0.2) is 5.43 Å². The molecule has 1 amide bonds. The van der Waals surface area contributed by atoms with Gasteiger partial charge in [0.15, 0.2) is 6.61 Å². The molecule has 1 saturated heterocycles. The lowest BCUT2D eigenvalue weighted by atomic mass is 10.1. The van der Waals surface area contributed by atoms with Gasteiger partial charge in [0.1, 0.15) is 12.3 Å². The van der Waals surface area contributed by atoms with Crippen molar-refractivity contribution in [3.8, 4) is 5.75 Å². The summed E-state index contributed by atoms with van der Waals surface area (Å²) in [6, 6.07) is 18.2. The Balaban J connectivity index is 1.39. The molecule has 0 aromatic heterocycles. The number of ether oxygens (including phenoxy) is 1. The number of quaternary nitrogens is 1. The summed E-state index contributed by atoms with van der Waals surface area (Å²) in [7, 11) is 0. The standard InChI is InChI=1S/C21H25N3O2/c1-17-6-5-9-20(14-17)26-16-21(25)23-22-19-10-12-24(13-11-19)15-18-7-3-2-4-8-18/h2-9,14H,10-13,15-16H2,1H3,(H,23,25)/p+1. The largest absolute Gasteiger partial charge is 0.484 e. The molecular weight excluding hydrogens is 326 g/mol. The highest BCUT2D eigenvalue weighted by Gasteiger charge is 2.18. The molecule has 5 nitrogen and oxygen atoms in total. The summed E-state index contributed by atoms with van der Waals surface area (Å²) in [6.07, 6.45) is 1.84. The first-order valence-corrected chi connectivity index (χ1v) is 9.10. The van der Waals surface area contributed by atoms with E-state index in [1.807, 2.05) is 37.3 Å². The van der Waals surface area contributed by atoms with Crippen molar-refractivity contribution in [1.29, 1.82) is 0 Å². The molecule has 1 heterocycles. The summed E-state index contributed by atoms with van der Waals surface area (Å²) < 4.78 is 5.49. The van der Waals surface area contributed by atoms with Crippen molar-refractivity contribution in [2.24, 2.45) is 5.10 Å². The third kappa shape index (κ3) is 5.70. The molecule has 1 aliphatic heterocycles. The van der Waals surface area contributed by atoms with E-state index in [-0.39, 0.29) is 12.5 Å². The maximum absolute atomic E-state index is 11.9. The van der Waals surface area contributed by atoms with Gasteiger partial charge in [0.25, 0.3) is 5.91 Å². The van der Waals surface area contributed by atoms with Gasteiger partial charge in [0, 0.05) is 24.1 Å². The van der Waals surface area contributed by atoms with Crippen LogP contribution in [-0.4, -0.2) is 31.3 Å². The zero-order valence-corrected chi connectivity index (χ0v) is 15.2. The number of carbonyl (C=O) groups is 1. The van der Waals surface area contributed by atoms with Crippen LogP contribution in [0.25, 0.3) is 0 Å². The minimum atomic E-state index is -0.224. The lowest BCUT2D eigenvalue weighted by Crippen LogP contribution is -3.11. The van der Waals surface area contributed by atoms with E-state index in [1.54, 1.807) is 4.90 Å². The minimum Gasteiger partial charge on any atom is -0.484 e. The predicted molar refractivity (Wildman–Crippen MR) is 102 cm³/mol. The van der Waals surface area contributed by atoms with Crippen LogP contribution in [0, 0.1) is 6.92 Å². The number of nitrogens with zero attached hydrogens (tertiary/aromatic N) is 1. The van der Waals surface area contributed by atoms with E-state index in [0.717, 1.165) is 43.8 Å². The maximum atomic E-state index is 11.9. The molecule has 26 heavy (non-hydrogen) atoms. The number of piperidine rings is 1. The first-order valence-electron chi connectivity index (χ1n) is 9.10. The molecule has 0 spiro atoms. The average Bonchev–Trinajstić information content (AvgIpc) is 2.67. The van der Waals surface area contributed by atoms with Crippen LogP contribution in [0.1, 0.15) is 24.0 Å². The fourth-order valence-electron chi connectivity index (χ4n) is 3.09. The van der Waals surface area contributed by atoms with E-state index in [1.165, 1.54) is 5.56 Å². The number of carbonyl (C=O) groups excluding carboxylic acids is 1. The number of likely N-dealkylation sites (tertiary alicyclic amines) is 1. The van der Waals surface area contributed by atoms with Gasteiger partial charge in [0.05, 0.1) is 13.1 Å². The van der Waals surface area contributed by atoms with Crippen LogP contribution in [0.2, 0.25) is 0 Å². The average molecular weight is 352 g/mol. The van der Waals surface area contributed by atoms with Gasteiger partial charge in [-0.1, -0.05) is 42.5 Å². The van der Waals surface area contributed by atoms with Gasteiger partial charge in [-0.05, 0) is 24.6 Å². The summed E-state index contributed by atoms with van der Waals surface area (Å²) >= 11 is 0. The second-order valence-electron chi connectivity index (χ2n) is 6.73. The lowest BCUT2D eigenvalue weighted by Gasteiger charge is -2.24. The number of hydrogen-bond donors (Lipinski definition) is 2. The highest BCUT2D eigenvalue weighted by molar-refractivity contribution is 5.87. The van der Waals surface area contributed by atoms with Crippen molar-refractivity contribution in [1.82, 2.24) is 5.43 Å². The van der Waals surface area contributed by atoms with Crippen LogP contribution < -0.4 is 15.1 Å². The Morgan fingerprint density at radius 2 is 1.88 bits per heavy atom. The Bertz CT molecular complexity index is 749. The van der Waals surface area contributed by atoms with Crippen LogP contribution in [0.4, 0.5) is 0 Å². The van der Waals surface area contributed by atoms with E-state index in [9.17, 15) is 4.79 Å². The molecule has 0 unspecified atom stereocenters. The van der Waals surface area contributed by atoms with E-state index in [4.69, 9.17) is 4.74 Å². The third-order valence-corrected chi connectivity index (χ3v) is 4.53. The van der Waals surface area contributed by atoms with Crippen molar-refractivity contribution >= 4 is 11.6 Å². The number of nitrogens with one attached hydrogen (secondary N) is 2. The van der Waals surface area contributed by atoms with Gasteiger partial charge >= 0.3 is 0 Å². The van der Waals surface area contributed by atoms with E-state index in [0.29, 0.717) is 5.75 Å². The van der Waals surface area contributed by atoms with Crippen LogP contribution in [0.15, 0.2) is 59.7 Å². The van der Waals surface area contributed by atoms with Gasteiger partial charge < -0.3 is 9.64 Å². The van der Waals surface area contributed by atoms with Crippen LogP contribution in [-0.2, 0) is 11.3 Å². The normalized spacial score (nSPS) is 16.8. The molecule has 136 valence electrons. The molecule has 1 fully saturated rings. The SMILES string of the molecule is Cc1cccc(OCC(=O)NN=C2CC[NH+](Cc3ccccc3)CC2)c1. The smallest absolute Gasteiger partial charge is 0.277 e. The Morgan fingerprint density at radius 3 is 2.62 bits per heavy atom. The van der Waals surface area contributed by atoms with Crippen molar-refractivity contribution in [2.45, 2.75) is 26.3 Å². The van der Waals surface area contributed by atoms with Gasteiger partial charge in [-0.2, -0.15) is 5.10 Å². The molecule has 5 heteroatoms. The molecule has 0 bridgehead atoms. The van der Waals surface area contributed by atoms with Crippen LogP contribution in [0.3, 0.4) is 0 Å². The van der Waals surface area contributed by atoms with Crippen LogP contribution >= 0.6 is 0 Å². The molecule has 0 atom stereocenters. The van der Waals surface area contributed by atoms with Gasteiger partial charge in [0.2, 0.25) is 0 Å². The second-order valence-corrected chi connectivity index (χ2v) is 6.73. The van der Waals surface area contributed by atoms with Gasteiger partial charge in [-0.3, -0.25) is 4.79 Å². The number of aryl methyl sites for hydroxylation is 1. The molecule has 2 aromatic rings. The van der Waals surface area contributed by atoms with Crippen molar-refractivity contribution in [3.05, 3.63) is 65.7 Å². The first kappa shape index (κ1) is 18.1. The number of hydrogen-bond acceptors (Lipinski definition) is 3. The molecule has 0 aliphatic carbocycles. The second kappa shape index (κ2) is 9.15. The predicted octanol–water partition coefficient (Wildman–Crippen LogP) is 1.72. The summed E-state index contributed by atoms with van der Waals surface area (Å²) in [5.74, 6) is 0.476. The zero-order valence-electron chi connectivity index (χ0n) is 15.2. The molecule has 0 saturated carbocycles. The van der Waals surface area contributed by atoms with Crippen LogP contribution in [0.5, 0.6) is 5.75 Å². The molecular formula is C21H26N3O2+. The Hall–Kier alpha value is -2.66. The summed E-state index contributed by atoms with van der Waals surface area (Å²) in [5, 5.41) is 4.28. The molecule has 1 aliphatic rings.